The summed E-state index contributed by atoms with van der Waals surface area (Å²) in [6.07, 6.45) is 6.62. The Labute approximate surface area is 406 Å². The topological polar surface area (TPSA) is 362 Å². The lowest BCUT2D eigenvalue weighted by molar-refractivity contribution is -0.143. The molecule has 2 aromatic rings. The zero-order chi connectivity index (χ0) is 51.8. The third-order valence-electron chi connectivity index (χ3n) is 11.3. The fourth-order valence-corrected chi connectivity index (χ4v) is 7.60. The molecule has 1 aliphatic heterocycles. The van der Waals surface area contributed by atoms with Gasteiger partial charge in [-0.2, -0.15) is 5.10 Å². The van der Waals surface area contributed by atoms with E-state index >= 15 is 0 Å². The molecule has 0 saturated heterocycles. The highest BCUT2D eigenvalue weighted by molar-refractivity contribution is 6.04. The number of amides is 7. The van der Waals surface area contributed by atoms with Crippen LogP contribution in [0.2, 0.25) is 0 Å². The molecule has 4 rings (SSSR count). The molecule has 1 saturated carbocycles. The Balaban J connectivity index is 0.00000639. The molecule has 2 unspecified atom stereocenters. The second-order valence-corrected chi connectivity index (χ2v) is 17.0. The van der Waals surface area contributed by atoms with Crippen molar-refractivity contribution in [1.82, 2.24) is 36.5 Å². The number of anilines is 2. The van der Waals surface area contributed by atoms with Crippen molar-refractivity contribution in [2.75, 3.05) is 44.5 Å². The number of unbranched alkanes of at least 4 members (excludes halogenated alkanes) is 2. The summed E-state index contributed by atoms with van der Waals surface area (Å²) in [4.78, 5) is 127. The number of carbonyl (C=O) groups is 9. The fraction of sp³-hybridized carbons (Fsp3) is 0.522. The first-order valence-corrected chi connectivity index (χ1v) is 23.0. The first kappa shape index (κ1) is 56.7. The summed E-state index contributed by atoms with van der Waals surface area (Å²) < 4.78 is 4.85. The Morgan fingerprint density at radius 2 is 1.73 bits per heavy atom. The van der Waals surface area contributed by atoms with Gasteiger partial charge in [0.05, 0.1) is 37.2 Å². The Morgan fingerprint density at radius 3 is 2.40 bits per heavy atom. The molecule has 2 heterocycles. The number of esters is 1. The van der Waals surface area contributed by atoms with Crippen molar-refractivity contribution < 1.29 is 47.9 Å². The van der Waals surface area contributed by atoms with Gasteiger partial charge in [0.25, 0.3) is 11.8 Å². The van der Waals surface area contributed by atoms with E-state index in [2.05, 4.69) is 52.4 Å². The average Bonchev–Trinajstić information content (AvgIpc) is 3.82. The van der Waals surface area contributed by atoms with Crippen LogP contribution in [-0.2, 0) is 44.8 Å². The quantitative estimate of drug-likeness (QED) is 0.0255. The van der Waals surface area contributed by atoms with Crippen LogP contribution in [0.15, 0.2) is 46.6 Å². The highest BCUT2D eigenvalue weighted by Crippen LogP contribution is 2.24. The number of hydrazone groups is 1. The standard InChI is InChI=1S/C46H64N12O10.H2N2/c1-27(2)40-45(66)58(4)36(13-10-17-48-26-47)44(65)52-25-39(61)54-35(19-28(3)59)43(64)51-23-29-20-31(42(63)55-40)22-32(21-29)53-38(60)14-7-6-8-18-49-41(62)30-15-16-37(50-24-30)57-56-34-12-9-11-33(34)46(67)68-5;1-2/h15-16,20-22,24,26-27,33,35-36,40H,6-14,17-19,23,25H2,1-5H3,(H2,47,48)(H,49,62)(H,50,57)(H,51,64)(H,52,65)(H,53,60)(H,54,61)(H,55,63);1-2H/b56-34-;/t33?,35-,36-,40?;/m0./s1. The van der Waals surface area contributed by atoms with Crippen molar-refractivity contribution in [2.45, 2.75) is 110 Å². The molecular formula is C46H66N14O10. The number of pyridine rings is 1. The summed E-state index contributed by atoms with van der Waals surface area (Å²) in [5, 5.41) is 20.4. The number of benzene rings is 1. The minimum atomic E-state index is -1.30. The molecule has 70 heavy (non-hydrogen) atoms. The van der Waals surface area contributed by atoms with Gasteiger partial charge < -0.3 is 47.3 Å². The molecule has 4 atom stereocenters. The molecule has 2 bridgehead atoms. The van der Waals surface area contributed by atoms with E-state index in [9.17, 15) is 43.2 Å². The number of hydrogen-bond acceptors (Lipinski definition) is 16. The SMILES string of the molecule is COC(=O)C1CCC/C1=N/Nc1ccc(C(=O)NCCCCCC(=O)Nc2cc3cc(c2)C(=O)NC(C(C)C)C(=O)N(C)[C@@H](CCCN=CN)C(=O)NCC(=O)N[C@@H](CC(C)=O)C(=O)NC3)cn1.N=N. The maximum Gasteiger partial charge on any atom is 0.314 e. The summed E-state index contributed by atoms with van der Waals surface area (Å²) >= 11 is 0. The van der Waals surface area contributed by atoms with Crippen LogP contribution in [-0.4, -0.2) is 127 Å². The molecule has 380 valence electrons. The molecule has 7 amide bonds. The predicted octanol–water partition coefficient (Wildman–Crippen LogP) is 1.91. The van der Waals surface area contributed by atoms with Gasteiger partial charge in [0.15, 0.2) is 0 Å². The van der Waals surface area contributed by atoms with E-state index in [1.807, 2.05) is 0 Å². The monoisotopic (exact) mass is 975 g/mol. The number of rotatable bonds is 18. The fourth-order valence-electron chi connectivity index (χ4n) is 7.60. The molecular weight excluding hydrogens is 909 g/mol. The molecule has 1 fully saturated rings. The van der Waals surface area contributed by atoms with Crippen LogP contribution in [0.4, 0.5) is 11.5 Å². The van der Waals surface area contributed by atoms with Crippen LogP contribution in [0.1, 0.15) is 111 Å². The van der Waals surface area contributed by atoms with Crippen LogP contribution in [0.5, 0.6) is 0 Å². The number of fused-ring (bicyclic) bond motifs is 2. The predicted molar refractivity (Wildman–Crippen MR) is 257 cm³/mol. The molecule has 1 aromatic heterocycles. The van der Waals surface area contributed by atoms with Gasteiger partial charge in [0.2, 0.25) is 29.5 Å². The van der Waals surface area contributed by atoms with Crippen LogP contribution < -0.4 is 43.1 Å². The van der Waals surface area contributed by atoms with E-state index in [4.69, 9.17) is 21.5 Å². The Morgan fingerprint density at radius 1 is 0.986 bits per heavy atom. The summed E-state index contributed by atoms with van der Waals surface area (Å²) in [6, 6.07) is 4.22. The summed E-state index contributed by atoms with van der Waals surface area (Å²) in [5.74, 6) is -5.15. The Kier molecular flexibility index (Phi) is 23.7. The van der Waals surface area contributed by atoms with Crippen LogP contribution in [0.25, 0.3) is 0 Å². The Bertz CT molecular complexity index is 2240. The molecule has 24 heteroatoms. The van der Waals surface area contributed by atoms with Crippen LogP contribution >= 0.6 is 0 Å². The van der Waals surface area contributed by atoms with Gasteiger partial charge >= 0.3 is 5.97 Å². The molecule has 0 radical (unpaired) electrons. The number of likely N-dealkylation sites (N-methyl/N-ethyl adjacent to an activating group) is 1. The molecule has 0 spiro atoms. The number of nitrogens with one attached hydrogen (secondary N) is 9. The highest BCUT2D eigenvalue weighted by atomic mass is 16.5. The largest absolute Gasteiger partial charge is 0.469 e. The zero-order valence-electron chi connectivity index (χ0n) is 40.3. The van der Waals surface area contributed by atoms with E-state index in [1.54, 1.807) is 32.0 Å². The van der Waals surface area contributed by atoms with Gasteiger partial charge in [-0.3, -0.25) is 53.6 Å². The van der Waals surface area contributed by atoms with Crippen LogP contribution in [0.3, 0.4) is 0 Å². The van der Waals surface area contributed by atoms with Crippen molar-refractivity contribution in [1.29, 1.82) is 11.1 Å². The Hall–Kier alpha value is -7.66. The van der Waals surface area contributed by atoms with Crippen molar-refractivity contribution in [3.8, 4) is 0 Å². The van der Waals surface area contributed by atoms with Gasteiger partial charge in [-0.15, -0.1) is 0 Å². The van der Waals surface area contributed by atoms with Gasteiger partial charge in [-0.05, 0) is 93.7 Å². The van der Waals surface area contributed by atoms with Crippen LogP contribution in [0, 0.1) is 22.9 Å². The first-order chi connectivity index (χ1) is 33.5. The van der Waals surface area contributed by atoms with E-state index in [0.29, 0.717) is 67.7 Å². The zero-order valence-corrected chi connectivity index (χ0v) is 40.3. The van der Waals surface area contributed by atoms with Crippen molar-refractivity contribution in [3.63, 3.8) is 0 Å². The average molecular weight is 975 g/mol. The number of aromatic nitrogens is 1. The van der Waals surface area contributed by atoms with Crippen molar-refractivity contribution in [2.24, 2.45) is 27.7 Å². The van der Waals surface area contributed by atoms with Gasteiger partial charge in [0.1, 0.15) is 29.7 Å². The number of aliphatic imine (C=N–C) groups is 1. The second kappa shape index (κ2) is 29.3. The number of carbonyl (C=O) groups excluding carboxylic acids is 9. The lowest BCUT2D eigenvalue weighted by Crippen LogP contribution is -2.57. The molecule has 1 aliphatic carbocycles. The van der Waals surface area contributed by atoms with Gasteiger partial charge in [0, 0.05) is 57.0 Å². The normalized spacial score (nSPS) is 19.7. The summed E-state index contributed by atoms with van der Waals surface area (Å²) in [7, 11) is 2.77. The maximum atomic E-state index is 14.0. The number of nitrogens with zero attached hydrogens (tertiary/aromatic N) is 4. The minimum absolute atomic E-state index is 0.0560. The van der Waals surface area contributed by atoms with Crippen molar-refractivity contribution in [3.05, 3.63) is 53.2 Å². The van der Waals surface area contributed by atoms with E-state index in [0.717, 1.165) is 12.8 Å². The number of nitrogens with two attached hydrogens (primary N) is 1. The first-order valence-electron chi connectivity index (χ1n) is 23.0. The molecule has 2 aliphatic rings. The molecule has 1 aromatic carbocycles. The van der Waals surface area contributed by atoms with E-state index in [1.165, 1.54) is 44.3 Å². The van der Waals surface area contributed by atoms with Gasteiger partial charge in [-0.25, -0.2) is 16.0 Å². The third kappa shape index (κ3) is 18.1. The smallest absolute Gasteiger partial charge is 0.314 e. The number of ether oxygens (including phenoxy) is 1. The number of hydrogen-bond donors (Lipinski definition) is 10. The van der Waals surface area contributed by atoms with Gasteiger partial charge in [-0.1, -0.05) is 20.3 Å². The number of ketones is 1. The number of Topliss-reactive ketones (excluding diaryl/α,β-unsaturated/α-hetero) is 1. The minimum Gasteiger partial charge on any atom is -0.469 e. The summed E-state index contributed by atoms with van der Waals surface area (Å²) in [6.45, 7) is 4.60. The van der Waals surface area contributed by atoms with E-state index in [-0.39, 0.29) is 73.1 Å². The summed E-state index contributed by atoms with van der Waals surface area (Å²) in [5.41, 5.74) is 19.9. The van der Waals surface area contributed by atoms with E-state index < -0.39 is 60.1 Å². The second-order valence-electron chi connectivity index (χ2n) is 17.0. The number of methoxy groups -OCH3 is 1. The molecule has 11 N–H and O–H groups in total. The third-order valence-corrected chi connectivity index (χ3v) is 11.3. The lowest BCUT2D eigenvalue weighted by atomic mass is 9.99. The lowest BCUT2D eigenvalue weighted by Gasteiger charge is -2.32. The molecule has 24 nitrogen and oxygen atoms in total. The maximum absolute atomic E-state index is 14.0. The highest BCUT2D eigenvalue weighted by Gasteiger charge is 2.35. The van der Waals surface area contributed by atoms with Crippen molar-refractivity contribution >= 4 is 76.7 Å².